The fourth-order valence-corrected chi connectivity index (χ4v) is 2.01. The lowest BCUT2D eigenvalue weighted by molar-refractivity contribution is 0.112. The molecule has 0 bridgehead atoms. The molecular formula is C10H10IN3O. The standard InChI is InChI=1S/C10H10IN3O/c1-6-8(4-13-14-12)3-9(5-15)7(2)10(6)11/h3,5H,4H2,1-2H3. The van der Waals surface area contributed by atoms with Crippen LogP contribution >= 0.6 is 22.6 Å². The van der Waals surface area contributed by atoms with E-state index in [1.165, 1.54) is 0 Å². The number of rotatable bonds is 3. The molecule has 0 N–H and O–H groups in total. The average molecular weight is 315 g/mol. The summed E-state index contributed by atoms with van der Waals surface area (Å²) in [6, 6.07) is 1.79. The highest BCUT2D eigenvalue weighted by Crippen LogP contribution is 2.23. The molecular weight excluding hydrogens is 305 g/mol. The second kappa shape index (κ2) is 5.14. The van der Waals surface area contributed by atoms with E-state index in [1.54, 1.807) is 6.07 Å². The Hall–Kier alpha value is -1.07. The highest BCUT2D eigenvalue weighted by molar-refractivity contribution is 14.1. The third-order valence-corrected chi connectivity index (χ3v) is 3.95. The van der Waals surface area contributed by atoms with E-state index in [9.17, 15) is 4.79 Å². The summed E-state index contributed by atoms with van der Waals surface area (Å²) in [6.07, 6.45) is 0.830. The van der Waals surface area contributed by atoms with Gasteiger partial charge in [0.15, 0.2) is 0 Å². The number of carbonyl (C=O) groups excluding carboxylic acids is 1. The largest absolute Gasteiger partial charge is 0.298 e. The van der Waals surface area contributed by atoms with Crippen LogP contribution in [0.2, 0.25) is 0 Å². The lowest BCUT2D eigenvalue weighted by Gasteiger charge is -2.10. The molecule has 0 aromatic heterocycles. The summed E-state index contributed by atoms with van der Waals surface area (Å²) in [5, 5.41) is 3.51. The summed E-state index contributed by atoms with van der Waals surface area (Å²) < 4.78 is 1.06. The van der Waals surface area contributed by atoms with Crippen molar-refractivity contribution in [2.24, 2.45) is 5.11 Å². The Morgan fingerprint density at radius 1 is 1.53 bits per heavy atom. The number of aldehydes is 1. The van der Waals surface area contributed by atoms with E-state index in [0.29, 0.717) is 12.1 Å². The van der Waals surface area contributed by atoms with Crippen molar-refractivity contribution in [3.63, 3.8) is 0 Å². The third-order valence-electron chi connectivity index (χ3n) is 2.33. The van der Waals surface area contributed by atoms with Crippen LogP contribution < -0.4 is 0 Å². The molecule has 0 heterocycles. The van der Waals surface area contributed by atoms with E-state index >= 15 is 0 Å². The SMILES string of the molecule is Cc1c(C=O)cc(CN=[N+]=[N-])c(C)c1I. The Kier molecular flexibility index (Phi) is 4.11. The molecule has 0 unspecified atom stereocenters. The summed E-state index contributed by atoms with van der Waals surface area (Å²) in [5.41, 5.74) is 11.9. The van der Waals surface area contributed by atoms with E-state index in [4.69, 9.17) is 5.53 Å². The summed E-state index contributed by atoms with van der Waals surface area (Å²) in [4.78, 5) is 13.5. The van der Waals surface area contributed by atoms with Gasteiger partial charge in [-0.1, -0.05) is 5.11 Å². The first kappa shape index (κ1) is 12.0. The number of carbonyl (C=O) groups is 1. The van der Waals surface area contributed by atoms with Crippen molar-refractivity contribution in [3.8, 4) is 0 Å². The van der Waals surface area contributed by atoms with Crippen molar-refractivity contribution in [2.45, 2.75) is 20.4 Å². The Morgan fingerprint density at radius 2 is 2.20 bits per heavy atom. The molecule has 78 valence electrons. The van der Waals surface area contributed by atoms with E-state index in [0.717, 1.165) is 26.5 Å². The van der Waals surface area contributed by atoms with Gasteiger partial charge in [0, 0.05) is 14.0 Å². The van der Waals surface area contributed by atoms with Gasteiger partial charge in [0.25, 0.3) is 0 Å². The fourth-order valence-electron chi connectivity index (χ4n) is 1.35. The minimum absolute atomic E-state index is 0.291. The average Bonchev–Trinajstić information content (AvgIpc) is 2.25. The predicted molar refractivity (Wildman–Crippen MR) is 66.9 cm³/mol. The van der Waals surface area contributed by atoms with Gasteiger partial charge in [-0.05, 0) is 64.7 Å². The molecule has 1 aromatic rings. The Bertz CT molecular complexity index is 450. The summed E-state index contributed by atoms with van der Waals surface area (Å²) in [5.74, 6) is 0. The lowest BCUT2D eigenvalue weighted by Crippen LogP contribution is -1.99. The van der Waals surface area contributed by atoms with Crippen LogP contribution in [0, 0.1) is 17.4 Å². The van der Waals surface area contributed by atoms with Gasteiger partial charge in [0.1, 0.15) is 6.29 Å². The normalized spacial score (nSPS) is 9.53. The number of hydrogen-bond acceptors (Lipinski definition) is 2. The maximum atomic E-state index is 10.8. The molecule has 0 aliphatic rings. The first-order valence-corrected chi connectivity index (χ1v) is 5.44. The summed E-state index contributed by atoms with van der Waals surface area (Å²) in [6.45, 7) is 4.17. The van der Waals surface area contributed by atoms with Gasteiger partial charge >= 0.3 is 0 Å². The van der Waals surface area contributed by atoms with Crippen LogP contribution in [0.1, 0.15) is 27.0 Å². The minimum Gasteiger partial charge on any atom is -0.298 e. The Labute approximate surface area is 101 Å². The predicted octanol–water partition coefficient (Wildman–Crippen LogP) is 3.53. The van der Waals surface area contributed by atoms with Gasteiger partial charge in [-0.15, -0.1) is 0 Å². The van der Waals surface area contributed by atoms with E-state index in [2.05, 4.69) is 32.6 Å². The molecule has 0 aliphatic carbocycles. The van der Waals surface area contributed by atoms with Crippen LogP contribution in [0.25, 0.3) is 10.4 Å². The molecule has 1 aromatic carbocycles. The molecule has 5 heteroatoms. The van der Waals surface area contributed by atoms with Gasteiger partial charge in [-0.3, -0.25) is 4.79 Å². The zero-order valence-electron chi connectivity index (χ0n) is 8.49. The molecule has 0 aliphatic heterocycles. The fraction of sp³-hybridized carbons (Fsp3) is 0.300. The quantitative estimate of drug-likeness (QED) is 0.277. The molecule has 0 atom stereocenters. The molecule has 0 saturated heterocycles. The topological polar surface area (TPSA) is 65.8 Å². The van der Waals surface area contributed by atoms with Gasteiger partial charge in [-0.25, -0.2) is 0 Å². The van der Waals surface area contributed by atoms with Gasteiger partial charge in [-0.2, -0.15) is 0 Å². The van der Waals surface area contributed by atoms with Crippen LogP contribution in [-0.2, 0) is 6.54 Å². The molecule has 1 rings (SSSR count). The van der Waals surface area contributed by atoms with E-state index in [1.807, 2.05) is 13.8 Å². The Balaban J connectivity index is 3.34. The second-order valence-electron chi connectivity index (χ2n) is 3.20. The van der Waals surface area contributed by atoms with Crippen molar-refractivity contribution < 1.29 is 4.79 Å². The monoisotopic (exact) mass is 315 g/mol. The lowest BCUT2D eigenvalue weighted by atomic mass is 10.0. The molecule has 0 amide bonds. The molecule has 0 fully saturated rings. The van der Waals surface area contributed by atoms with Crippen molar-refractivity contribution >= 4 is 28.9 Å². The first-order chi connectivity index (χ1) is 7.11. The molecule has 0 saturated carbocycles. The van der Waals surface area contributed by atoms with Crippen molar-refractivity contribution in [1.82, 2.24) is 0 Å². The minimum atomic E-state index is 0.291. The van der Waals surface area contributed by atoms with Crippen LogP contribution in [0.5, 0.6) is 0 Å². The van der Waals surface area contributed by atoms with Crippen molar-refractivity contribution in [3.05, 3.63) is 42.3 Å². The zero-order chi connectivity index (χ0) is 11.4. The van der Waals surface area contributed by atoms with Crippen LogP contribution in [0.4, 0.5) is 0 Å². The van der Waals surface area contributed by atoms with Crippen LogP contribution in [-0.4, -0.2) is 6.29 Å². The third kappa shape index (κ3) is 2.49. The van der Waals surface area contributed by atoms with Gasteiger partial charge < -0.3 is 0 Å². The van der Waals surface area contributed by atoms with Crippen molar-refractivity contribution in [1.29, 1.82) is 0 Å². The molecule has 0 radical (unpaired) electrons. The summed E-state index contributed by atoms with van der Waals surface area (Å²) in [7, 11) is 0. The van der Waals surface area contributed by atoms with Crippen molar-refractivity contribution in [2.75, 3.05) is 0 Å². The number of nitrogens with zero attached hydrogens (tertiary/aromatic N) is 3. The highest BCUT2D eigenvalue weighted by atomic mass is 127. The van der Waals surface area contributed by atoms with Gasteiger partial charge in [0.05, 0.1) is 6.54 Å². The van der Waals surface area contributed by atoms with E-state index in [-0.39, 0.29) is 0 Å². The molecule has 15 heavy (non-hydrogen) atoms. The maximum Gasteiger partial charge on any atom is 0.150 e. The second-order valence-corrected chi connectivity index (χ2v) is 4.27. The maximum absolute atomic E-state index is 10.8. The summed E-state index contributed by atoms with van der Waals surface area (Å²) >= 11 is 2.20. The van der Waals surface area contributed by atoms with Crippen LogP contribution in [0.15, 0.2) is 11.2 Å². The number of benzene rings is 1. The smallest absolute Gasteiger partial charge is 0.150 e. The Morgan fingerprint density at radius 3 is 2.73 bits per heavy atom. The zero-order valence-corrected chi connectivity index (χ0v) is 10.6. The van der Waals surface area contributed by atoms with Crippen LogP contribution in [0.3, 0.4) is 0 Å². The van der Waals surface area contributed by atoms with Gasteiger partial charge in [0.2, 0.25) is 0 Å². The number of halogens is 1. The number of hydrogen-bond donors (Lipinski definition) is 0. The number of azide groups is 1. The molecule has 0 spiro atoms. The van der Waals surface area contributed by atoms with E-state index < -0.39 is 0 Å². The molecule has 4 nitrogen and oxygen atoms in total. The highest BCUT2D eigenvalue weighted by Gasteiger charge is 2.09. The first-order valence-electron chi connectivity index (χ1n) is 4.36.